The van der Waals surface area contributed by atoms with Crippen molar-refractivity contribution in [3.63, 3.8) is 0 Å². The summed E-state index contributed by atoms with van der Waals surface area (Å²) in [7, 11) is 0. The van der Waals surface area contributed by atoms with E-state index in [2.05, 4.69) is 5.32 Å². The number of carbonyl (C=O) groups excluding carboxylic acids is 2. The average molecular weight is 539 g/mol. The SMILES string of the molecule is O=C1CSc2ccc(N3C[C@@H](CCCN(CCO)[C@@H]4Cn5c(=O)ccc6ccc(F)c4c65)OC3=O)cc2N1. The van der Waals surface area contributed by atoms with Gasteiger partial charge >= 0.3 is 6.09 Å². The topological polar surface area (TPSA) is 104 Å². The number of rotatable bonds is 8. The molecule has 2 amide bonds. The third-order valence-electron chi connectivity index (χ3n) is 7.41. The first-order valence-electron chi connectivity index (χ1n) is 12.6. The van der Waals surface area contributed by atoms with E-state index in [-0.39, 0.29) is 36.0 Å². The fourth-order valence-electron chi connectivity index (χ4n) is 5.65. The fraction of sp³-hybridized carbons (Fsp3) is 0.370. The van der Waals surface area contributed by atoms with E-state index in [1.54, 1.807) is 27.7 Å². The maximum absolute atomic E-state index is 15.0. The minimum atomic E-state index is -0.434. The monoisotopic (exact) mass is 538 g/mol. The van der Waals surface area contributed by atoms with Gasteiger partial charge in [0, 0.05) is 35.3 Å². The number of hydrogen-bond donors (Lipinski definition) is 2. The van der Waals surface area contributed by atoms with Gasteiger partial charge in [-0.1, -0.05) is 0 Å². The molecule has 1 aromatic heterocycles. The maximum Gasteiger partial charge on any atom is 0.414 e. The molecule has 4 heterocycles. The number of aliphatic hydroxyl groups excluding tert-OH is 1. The first-order valence-corrected chi connectivity index (χ1v) is 13.6. The number of pyridine rings is 1. The zero-order valence-corrected chi connectivity index (χ0v) is 21.4. The largest absolute Gasteiger partial charge is 0.444 e. The number of aromatic nitrogens is 1. The van der Waals surface area contributed by atoms with Crippen LogP contribution >= 0.6 is 11.8 Å². The molecule has 0 unspecified atom stereocenters. The lowest BCUT2D eigenvalue weighted by Gasteiger charge is -2.29. The summed E-state index contributed by atoms with van der Waals surface area (Å²) in [6.07, 6.45) is 0.495. The molecule has 1 fully saturated rings. The lowest BCUT2D eigenvalue weighted by molar-refractivity contribution is -0.113. The Morgan fingerprint density at radius 1 is 1.11 bits per heavy atom. The molecule has 9 nitrogen and oxygen atoms in total. The van der Waals surface area contributed by atoms with Gasteiger partial charge in [-0.05, 0) is 61.2 Å². The fourth-order valence-corrected chi connectivity index (χ4v) is 6.44. The Bertz CT molecular complexity index is 1490. The van der Waals surface area contributed by atoms with Gasteiger partial charge in [-0.25, -0.2) is 9.18 Å². The van der Waals surface area contributed by atoms with Gasteiger partial charge < -0.3 is 19.7 Å². The van der Waals surface area contributed by atoms with Crippen molar-refractivity contribution in [3.8, 4) is 0 Å². The van der Waals surface area contributed by atoms with Crippen LogP contribution < -0.4 is 15.8 Å². The molecule has 198 valence electrons. The zero-order chi connectivity index (χ0) is 26.4. The Kier molecular flexibility index (Phi) is 6.58. The van der Waals surface area contributed by atoms with Crippen molar-refractivity contribution in [2.24, 2.45) is 0 Å². The molecule has 11 heteroatoms. The summed E-state index contributed by atoms with van der Waals surface area (Å²) in [5.41, 5.74) is 2.29. The van der Waals surface area contributed by atoms with Crippen molar-refractivity contribution < 1.29 is 23.8 Å². The van der Waals surface area contributed by atoms with Gasteiger partial charge in [-0.15, -0.1) is 11.8 Å². The van der Waals surface area contributed by atoms with E-state index in [1.165, 1.54) is 23.9 Å². The Morgan fingerprint density at radius 2 is 1.95 bits per heavy atom. The highest BCUT2D eigenvalue weighted by Crippen LogP contribution is 2.38. The lowest BCUT2D eigenvalue weighted by Crippen LogP contribution is -2.34. The smallest absolute Gasteiger partial charge is 0.414 e. The van der Waals surface area contributed by atoms with Crippen molar-refractivity contribution >= 4 is 46.0 Å². The summed E-state index contributed by atoms with van der Waals surface area (Å²) in [4.78, 5) is 41.4. The van der Waals surface area contributed by atoms with Crippen LogP contribution in [0, 0.1) is 5.82 Å². The highest BCUT2D eigenvalue weighted by atomic mass is 32.2. The molecule has 2 atom stereocenters. The number of hydrogen-bond acceptors (Lipinski definition) is 7. The van der Waals surface area contributed by atoms with E-state index in [4.69, 9.17) is 4.74 Å². The van der Waals surface area contributed by atoms with Crippen LogP contribution in [0.1, 0.15) is 24.4 Å². The van der Waals surface area contributed by atoms with Crippen LogP contribution in [-0.4, -0.2) is 64.7 Å². The van der Waals surface area contributed by atoms with E-state index < -0.39 is 6.09 Å². The Morgan fingerprint density at radius 3 is 2.79 bits per heavy atom. The summed E-state index contributed by atoms with van der Waals surface area (Å²) in [5, 5.41) is 13.4. The second-order valence-electron chi connectivity index (χ2n) is 9.73. The number of fused-ring (bicyclic) bond motifs is 1. The van der Waals surface area contributed by atoms with Crippen molar-refractivity contribution in [1.29, 1.82) is 0 Å². The molecule has 3 aromatic rings. The van der Waals surface area contributed by atoms with Gasteiger partial charge in [0.15, 0.2) is 0 Å². The number of thioether (sulfide) groups is 1. The number of amides is 2. The lowest BCUT2D eigenvalue weighted by atomic mass is 10.0. The van der Waals surface area contributed by atoms with E-state index in [1.807, 2.05) is 17.0 Å². The normalized spacial score (nSPS) is 20.2. The molecular formula is C27H27FN4O5S. The Balaban J connectivity index is 1.12. The van der Waals surface area contributed by atoms with Gasteiger partial charge in [-0.3, -0.25) is 19.4 Å². The van der Waals surface area contributed by atoms with Crippen molar-refractivity contribution in [2.45, 2.75) is 36.4 Å². The van der Waals surface area contributed by atoms with Gasteiger partial charge in [0.05, 0.1) is 36.2 Å². The highest BCUT2D eigenvalue weighted by molar-refractivity contribution is 8.00. The van der Waals surface area contributed by atoms with Gasteiger partial charge in [0.2, 0.25) is 5.91 Å². The number of cyclic esters (lactones) is 1. The van der Waals surface area contributed by atoms with Crippen LogP contribution in [0.15, 0.2) is 52.2 Å². The van der Waals surface area contributed by atoms with Crippen LogP contribution in [0.2, 0.25) is 0 Å². The summed E-state index contributed by atoms with van der Waals surface area (Å²) >= 11 is 1.46. The van der Waals surface area contributed by atoms with Crippen LogP contribution in [0.4, 0.5) is 20.6 Å². The number of nitrogens with zero attached hydrogens (tertiary/aromatic N) is 3. The molecule has 0 bridgehead atoms. The third kappa shape index (κ3) is 4.44. The predicted octanol–water partition coefficient (Wildman–Crippen LogP) is 3.34. The molecule has 0 aliphatic carbocycles. The van der Waals surface area contributed by atoms with E-state index in [0.717, 1.165) is 10.3 Å². The van der Waals surface area contributed by atoms with Crippen LogP contribution in [0.25, 0.3) is 10.9 Å². The summed E-state index contributed by atoms with van der Waals surface area (Å²) < 4.78 is 22.2. The predicted molar refractivity (Wildman–Crippen MR) is 142 cm³/mol. The van der Waals surface area contributed by atoms with Crippen LogP contribution in [-0.2, 0) is 16.1 Å². The zero-order valence-electron chi connectivity index (χ0n) is 20.6. The second kappa shape index (κ2) is 10.0. The van der Waals surface area contributed by atoms with Crippen LogP contribution in [0.3, 0.4) is 0 Å². The standard InChI is InChI=1S/C27H27FN4O5S/c28-19-6-3-16-4-8-24(35)32-14-21(25(19)26(16)32)30(10-11-33)9-1-2-18-13-31(27(36)37-18)17-5-7-22-20(12-17)29-23(34)15-38-22/h3-8,12,18,21,33H,1-2,9-11,13-15H2,(H,29,34)/t18-,21-/m1/s1. The summed E-state index contributed by atoms with van der Waals surface area (Å²) in [6.45, 7) is 1.49. The molecule has 6 rings (SSSR count). The molecule has 3 aliphatic heterocycles. The molecule has 0 radical (unpaired) electrons. The van der Waals surface area contributed by atoms with Crippen molar-refractivity contribution in [2.75, 3.05) is 42.2 Å². The summed E-state index contributed by atoms with van der Waals surface area (Å²) in [6, 6.07) is 11.5. The Labute approximate surface area is 222 Å². The number of benzene rings is 2. The van der Waals surface area contributed by atoms with Gasteiger partial charge in [-0.2, -0.15) is 0 Å². The molecule has 2 N–H and O–H groups in total. The third-order valence-corrected chi connectivity index (χ3v) is 8.48. The first kappa shape index (κ1) is 24.9. The van der Waals surface area contributed by atoms with Gasteiger partial charge in [0.1, 0.15) is 11.9 Å². The number of nitrogens with one attached hydrogen (secondary N) is 1. The molecule has 1 saturated heterocycles. The quantitative estimate of drug-likeness (QED) is 0.453. The first-order chi connectivity index (χ1) is 18.4. The van der Waals surface area contributed by atoms with Crippen molar-refractivity contribution in [1.82, 2.24) is 9.47 Å². The number of aliphatic hydroxyl groups is 1. The van der Waals surface area contributed by atoms with E-state index in [0.29, 0.717) is 67.2 Å². The maximum atomic E-state index is 15.0. The average Bonchev–Trinajstić information content (AvgIpc) is 3.49. The van der Waals surface area contributed by atoms with Gasteiger partial charge in [0.25, 0.3) is 5.56 Å². The van der Waals surface area contributed by atoms with E-state index in [9.17, 15) is 23.9 Å². The minimum absolute atomic E-state index is 0.0692. The summed E-state index contributed by atoms with van der Waals surface area (Å²) in [5.74, 6) is -0.0542. The Hall–Kier alpha value is -3.41. The van der Waals surface area contributed by atoms with Crippen molar-refractivity contribution in [3.05, 3.63) is 64.2 Å². The number of anilines is 2. The second-order valence-corrected chi connectivity index (χ2v) is 10.7. The molecule has 0 saturated carbocycles. The van der Waals surface area contributed by atoms with Crippen LogP contribution in [0.5, 0.6) is 0 Å². The number of ether oxygens (including phenoxy) is 1. The highest BCUT2D eigenvalue weighted by Gasteiger charge is 2.35. The molecule has 3 aliphatic rings. The molecule has 38 heavy (non-hydrogen) atoms. The molecule has 0 spiro atoms. The number of carbonyl (C=O) groups is 2. The van der Waals surface area contributed by atoms with E-state index >= 15 is 0 Å². The molecule has 2 aromatic carbocycles. The minimum Gasteiger partial charge on any atom is -0.444 e. The number of halogens is 1. The molecular weight excluding hydrogens is 511 g/mol.